The van der Waals surface area contributed by atoms with Crippen LogP contribution in [-0.2, 0) is 0 Å². The van der Waals surface area contributed by atoms with Gasteiger partial charge in [0.1, 0.15) is 5.69 Å². The van der Waals surface area contributed by atoms with Crippen LogP contribution >= 0.6 is 0 Å². The van der Waals surface area contributed by atoms with Gasteiger partial charge in [0.05, 0.1) is 22.2 Å². The highest BCUT2D eigenvalue weighted by atomic mass is 16.6. The Morgan fingerprint density at radius 3 is 2.76 bits per heavy atom. The predicted molar refractivity (Wildman–Crippen MR) is 79.5 cm³/mol. The molecule has 1 aliphatic carbocycles. The summed E-state index contributed by atoms with van der Waals surface area (Å²) in [4.78, 5) is 29.1. The minimum absolute atomic E-state index is 0.0888. The van der Waals surface area contributed by atoms with E-state index >= 15 is 0 Å². The van der Waals surface area contributed by atoms with Gasteiger partial charge in [0.2, 0.25) is 0 Å². The van der Waals surface area contributed by atoms with Gasteiger partial charge in [0.25, 0.3) is 11.2 Å². The van der Waals surface area contributed by atoms with E-state index in [-0.39, 0.29) is 22.2 Å². The van der Waals surface area contributed by atoms with Crippen LogP contribution in [0.1, 0.15) is 32.6 Å². The molecule has 0 unspecified atom stereocenters. The Kier molecular flexibility index (Phi) is 3.12. The van der Waals surface area contributed by atoms with E-state index in [9.17, 15) is 14.9 Å². The average molecular weight is 288 g/mol. The third-order valence-corrected chi connectivity index (χ3v) is 4.10. The first-order valence-corrected chi connectivity index (χ1v) is 6.93. The van der Waals surface area contributed by atoms with E-state index in [4.69, 9.17) is 0 Å². The van der Waals surface area contributed by atoms with Crippen molar-refractivity contribution >= 4 is 22.3 Å². The molecule has 0 spiro atoms. The number of hydrogen-bond acceptors (Lipinski definition) is 5. The number of anilines is 1. The van der Waals surface area contributed by atoms with Crippen molar-refractivity contribution < 1.29 is 4.92 Å². The van der Waals surface area contributed by atoms with Crippen molar-refractivity contribution in [2.45, 2.75) is 38.1 Å². The molecule has 110 valence electrons. The summed E-state index contributed by atoms with van der Waals surface area (Å²) in [6.45, 7) is 2.07. The summed E-state index contributed by atoms with van der Waals surface area (Å²) < 4.78 is 0. The number of nitrogens with zero attached hydrogens (tertiary/aromatic N) is 2. The van der Waals surface area contributed by atoms with Crippen molar-refractivity contribution in [1.82, 2.24) is 9.97 Å². The Balaban J connectivity index is 2.14. The molecule has 0 amide bonds. The summed E-state index contributed by atoms with van der Waals surface area (Å²) in [6, 6.07) is 2.88. The van der Waals surface area contributed by atoms with Gasteiger partial charge < -0.3 is 10.3 Å². The molecule has 7 nitrogen and oxygen atoms in total. The number of nitro groups is 1. The number of H-pyrrole nitrogens is 1. The van der Waals surface area contributed by atoms with Crippen LogP contribution in [0.2, 0.25) is 0 Å². The first-order chi connectivity index (χ1) is 9.98. The minimum Gasteiger partial charge on any atom is -0.374 e. The number of nitrogens with one attached hydrogen (secondary N) is 2. The minimum atomic E-state index is -0.466. The predicted octanol–water partition coefficient (Wildman–Crippen LogP) is 2.58. The van der Waals surface area contributed by atoms with Gasteiger partial charge in [-0.1, -0.05) is 12.8 Å². The van der Waals surface area contributed by atoms with Crippen LogP contribution in [-0.4, -0.2) is 20.4 Å². The van der Waals surface area contributed by atoms with Gasteiger partial charge in [-0.2, -0.15) is 0 Å². The van der Waals surface area contributed by atoms with E-state index in [1.165, 1.54) is 12.4 Å². The smallest absolute Gasteiger partial charge is 0.293 e. The van der Waals surface area contributed by atoms with Gasteiger partial charge >= 0.3 is 0 Å². The molecule has 1 aliphatic rings. The zero-order valence-corrected chi connectivity index (χ0v) is 11.7. The van der Waals surface area contributed by atoms with Gasteiger partial charge in [0.15, 0.2) is 0 Å². The summed E-state index contributed by atoms with van der Waals surface area (Å²) in [6.07, 6.45) is 5.49. The Morgan fingerprint density at radius 1 is 1.38 bits per heavy atom. The highest BCUT2D eigenvalue weighted by molar-refractivity contribution is 5.86. The van der Waals surface area contributed by atoms with Gasteiger partial charge in [-0.25, -0.2) is 4.98 Å². The number of nitro benzene ring substituents is 1. The number of aromatic nitrogens is 2. The fraction of sp³-hybridized carbons (Fsp3) is 0.429. The SMILES string of the molecule is CC1(Nc2cc3nc[nH]c(=O)c3cc2[N+](=O)[O-])CCCC1. The first-order valence-electron chi connectivity index (χ1n) is 6.93. The summed E-state index contributed by atoms with van der Waals surface area (Å²) >= 11 is 0. The Hall–Kier alpha value is -2.44. The van der Waals surface area contributed by atoms with Crippen molar-refractivity contribution in [1.29, 1.82) is 0 Å². The monoisotopic (exact) mass is 288 g/mol. The number of rotatable bonds is 3. The van der Waals surface area contributed by atoms with Crippen molar-refractivity contribution in [2.24, 2.45) is 0 Å². The maximum atomic E-state index is 11.7. The quantitative estimate of drug-likeness (QED) is 0.667. The Morgan fingerprint density at radius 2 is 2.10 bits per heavy atom. The molecule has 21 heavy (non-hydrogen) atoms. The molecule has 1 saturated carbocycles. The van der Waals surface area contributed by atoms with Crippen LogP contribution in [0.25, 0.3) is 10.9 Å². The second-order valence-electron chi connectivity index (χ2n) is 5.77. The van der Waals surface area contributed by atoms with E-state index in [1.807, 2.05) is 0 Å². The fourth-order valence-corrected chi connectivity index (χ4v) is 2.96. The lowest BCUT2D eigenvalue weighted by Crippen LogP contribution is -2.31. The molecule has 0 saturated heterocycles. The highest BCUT2D eigenvalue weighted by Crippen LogP contribution is 2.36. The van der Waals surface area contributed by atoms with Crippen LogP contribution in [0, 0.1) is 10.1 Å². The van der Waals surface area contributed by atoms with Gasteiger partial charge in [0, 0.05) is 11.6 Å². The molecule has 0 bridgehead atoms. The third-order valence-electron chi connectivity index (χ3n) is 4.10. The summed E-state index contributed by atoms with van der Waals surface area (Å²) in [7, 11) is 0. The van der Waals surface area contributed by atoms with Crippen molar-refractivity contribution in [3.05, 3.63) is 38.9 Å². The van der Waals surface area contributed by atoms with E-state index < -0.39 is 4.92 Å². The van der Waals surface area contributed by atoms with Crippen LogP contribution in [0.3, 0.4) is 0 Å². The second kappa shape index (κ2) is 4.83. The van der Waals surface area contributed by atoms with Crippen LogP contribution < -0.4 is 10.9 Å². The lowest BCUT2D eigenvalue weighted by molar-refractivity contribution is -0.383. The van der Waals surface area contributed by atoms with Gasteiger partial charge in [-0.3, -0.25) is 14.9 Å². The van der Waals surface area contributed by atoms with Gasteiger partial charge in [-0.05, 0) is 25.8 Å². The maximum absolute atomic E-state index is 11.7. The number of hydrogen-bond donors (Lipinski definition) is 2. The van der Waals surface area contributed by atoms with Crippen molar-refractivity contribution in [3.8, 4) is 0 Å². The highest BCUT2D eigenvalue weighted by Gasteiger charge is 2.31. The molecule has 0 aliphatic heterocycles. The van der Waals surface area contributed by atoms with E-state index in [2.05, 4.69) is 22.2 Å². The van der Waals surface area contributed by atoms with Crippen molar-refractivity contribution in [2.75, 3.05) is 5.32 Å². The first kappa shape index (κ1) is 13.5. The molecule has 0 atom stereocenters. The van der Waals surface area contributed by atoms with E-state index in [1.54, 1.807) is 6.07 Å². The molecule has 1 aromatic carbocycles. The molecule has 7 heteroatoms. The van der Waals surface area contributed by atoms with E-state index in [0.717, 1.165) is 25.7 Å². The number of benzene rings is 1. The molecule has 0 radical (unpaired) electrons. The fourth-order valence-electron chi connectivity index (χ4n) is 2.96. The largest absolute Gasteiger partial charge is 0.374 e. The van der Waals surface area contributed by atoms with Crippen molar-refractivity contribution in [3.63, 3.8) is 0 Å². The zero-order valence-electron chi connectivity index (χ0n) is 11.7. The molecule has 2 aromatic rings. The number of aromatic amines is 1. The molecular weight excluding hydrogens is 272 g/mol. The zero-order chi connectivity index (χ0) is 15.0. The maximum Gasteiger partial charge on any atom is 0.293 e. The standard InChI is InChI=1S/C14H16N4O3/c1-14(4-2-3-5-14)17-11-7-10-9(6-12(11)18(20)21)13(19)16-8-15-10/h6-8,17H,2-5H2,1H3,(H,15,16,19). The summed E-state index contributed by atoms with van der Waals surface area (Å²) in [5.41, 5.74) is 0.277. The number of fused-ring (bicyclic) bond motifs is 1. The normalized spacial score (nSPS) is 17.0. The van der Waals surface area contributed by atoms with Gasteiger partial charge in [-0.15, -0.1) is 0 Å². The average Bonchev–Trinajstić information content (AvgIpc) is 2.84. The summed E-state index contributed by atoms with van der Waals surface area (Å²) in [5, 5.41) is 14.8. The lowest BCUT2D eigenvalue weighted by Gasteiger charge is -2.26. The lowest BCUT2D eigenvalue weighted by atomic mass is 9.99. The second-order valence-corrected chi connectivity index (χ2v) is 5.77. The Labute approximate surface area is 120 Å². The molecule has 3 rings (SSSR count). The molecule has 1 heterocycles. The molecule has 1 aromatic heterocycles. The van der Waals surface area contributed by atoms with Crippen LogP contribution in [0.15, 0.2) is 23.3 Å². The van der Waals surface area contributed by atoms with E-state index in [0.29, 0.717) is 11.2 Å². The molecule has 1 fully saturated rings. The third kappa shape index (κ3) is 2.46. The molecule has 2 N–H and O–H groups in total. The topological polar surface area (TPSA) is 101 Å². The Bertz CT molecular complexity index is 762. The van der Waals surface area contributed by atoms with Crippen LogP contribution in [0.5, 0.6) is 0 Å². The molecular formula is C14H16N4O3. The van der Waals surface area contributed by atoms with Crippen LogP contribution in [0.4, 0.5) is 11.4 Å². The summed E-state index contributed by atoms with van der Waals surface area (Å²) in [5.74, 6) is 0.